The minimum Gasteiger partial charge on any atom is -0.448 e. The molecule has 1 fully saturated rings. The fraction of sp³-hybridized carbons (Fsp3) is 0.600. The third kappa shape index (κ3) is 3.57. The molecule has 156 valence electrons. The first kappa shape index (κ1) is 20.0. The monoisotopic (exact) mass is 419 g/mol. The number of hydrogen-bond acceptors (Lipinski definition) is 7. The van der Waals surface area contributed by atoms with Gasteiger partial charge in [-0.2, -0.15) is 0 Å². The highest BCUT2D eigenvalue weighted by Crippen LogP contribution is 2.29. The second-order valence-electron chi connectivity index (χ2n) is 7.87. The smallest absolute Gasteiger partial charge is 0.349 e. The zero-order valence-electron chi connectivity index (χ0n) is 17.1. The SMILES string of the molecule is Cc1c(C(=O)OC(C)C(=O)N2CC(C)OC(C)C2)sc2nc3n(c(=O)c12)CCC3. The molecule has 0 N–H and O–H groups in total. The van der Waals surface area contributed by atoms with Crippen LogP contribution in [0.5, 0.6) is 0 Å². The standard InChI is InChI=1S/C20H25N3O5S/c1-10-8-22(9-11(2)27-10)18(24)13(4)28-20(26)16-12(3)15-17(29-16)21-14-6-5-7-23(14)19(15)25/h10-11,13H,5-9H2,1-4H3. The maximum Gasteiger partial charge on any atom is 0.349 e. The molecule has 1 saturated heterocycles. The van der Waals surface area contributed by atoms with Crippen molar-refractivity contribution in [2.45, 2.75) is 65.4 Å². The zero-order valence-corrected chi connectivity index (χ0v) is 17.9. The van der Waals surface area contributed by atoms with Crippen LogP contribution in [-0.4, -0.2) is 57.7 Å². The molecule has 0 radical (unpaired) electrons. The minimum atomic E-state index is -0.913. The number of aryl methyl sites for hydroxylation is 2. The van der Waals surface area contributed by atoms with Gasteiger partial charge in [-0.1, -0.05) is 0 Å². The average molecular weight is 420 g/mol. The number of amides is 1. The lowest BCUT2D eigenvalue weighted by molar-refractivity contribution is -0.151. The third-order valence-corrected chi connectivity index (χ3v) is 6.63. The summed E-state index contributed by atoms with van der Waals surface area (Å²) in [5.74, 6) is -0.0654. The van der Waals surface area contributed by atoms with E-state index in [4.69, 9.17) is 9.47 Å². The second-order valence-corrected chi connectivity index (χ2v) is 8.87. The number of hydrogen-bond donors (Lipinski definition) is 0. The molecular formula is C20H25N3O5S. The predicted molar refractivity (Wildman–Crippen MR) is 108 cm³/mol. The summed E-state index contributed by atoms with van der Waals surface area (Å²) in [4.78, 5) is 45.4. The van der Waals surface area contributed by atoms with Gasteiger partial charge in [-0.15, -0.1) is 11.3 Å². The quantitative estimate of drug-likeness (QED) is 0.706. The molecule has 2 aliphatic rings. The van der Waals surface area contributed by atoms with E-state index >= 15 is 0 Å². The Kier molecular flexibility index (Phi) is 5.20. The van der Waals surface area contributed by atoms with Gasteiger partial charge in [0.2, 0.25) is 0 Å². The van der Waals surface area contributed by atoms with E-state index in [9.17, 15) is 14.4 Å². The van der Waals surface area contributed by atoms with E-state index in [0.717, 1.165) is 30.0 Å². The maximum absolute atomic E-state index is 12.8. The van der Waals surface area contributed by atoms with Crippen molar-refractivity contribution < 1.29 is 19.1 Å². The van der Waals surface area contributed by atoms with E-state index in [-0.39, 0.29) is 23.7 Å². The average Bonchev–Trinajstić information content (AvgIpc) is 3.25. The molecule has 3 atom stereocenters. The summed E-state index contributed by atoms with van der Waals surface area (Å²) in [5, 5.41) is 0.474. The minimum absolute atomic E-state index is 0.0588. The molecule has 0 aromatic carbocycles. The van der Waals surface area contributed by atoms with Crippen LogP contribution in [0.2, 0.25) is 0 Å². The molecule has 2 aliphatic heterocycles. The van der Waals surface area contributed by atoms with Gasteiger partial charge in [0.1, 0.15) is 15.5 Å². The van der Waals surface area contributed by atoms with Crippen LogP contribution in [0.4, 0.5) is 0 Å². The number of carbonyl (C=O) groups is 2. The van der Waals surface area contributed by atoms with E-state index in [1.54, 1.807) is 23.3 Å². The van der Waals surface area contributed by atoms with E-state index in [1.807, 2.05) is 13.8 Å². The molecule has 8 nitrogen and oxygen atoms in total. The molecule has 0 bridgehead atoms. The highest BCUT2D eigenvalue weighted by molar-refractivity contribution is 7.20. The van der Waals surface area contributed by atoms with Gasteiger partial charge < -0.3 is 14.4 Å². The molecule has 2 aromatic rings. The Morgan fingerprint density at radius 2 is 1.97 bits per heavy atom. The van der Waals surface area contributed by atoms with Gasteiger partial charge in [-0.3, -0.25) is 14.2 Å². The molecule has 2 aromatic heterocycles. The van der Waals surface area contributed by atoms with Crippen molar-refractivity contribution in [1.29, 1.82) is 0 Å². The second kappa shape index (κ2) is 7.53. The Hall–Kier alpha value is -2.26. The first-order valence-corrected chi connectivity index (χ1v) is 10.8. The first-order valence-electron chi connectivity index (χ1n) is 9.94. The molecular weight excluding hydrogens is 394 g/mol. The number of nitrogens with zero attached hydrogens (tertiary/aromatic N) is 3. The lowest BCUT2D eigenvalue weighted by Crippen LogP contribution is -2.51. The topological polar surface area (TPSA) is 90.7 Å². The largest absolute Gasteiger partial charge is 0.448 e. The van der Waals surface area contributed by atoms with Crippen LogP contribution in [0.1, 0.15) is 48.3 Å². The van der Waals surface area contributed by atoms with Crippen LogP contribution in [0.15, 0.2) is 4.79 Å². The summed E-state index contributed by atoms with van der Waals surface area (Å²) in [6.07, 6.45) is 0.645. The van der Waals surface area contributed by atoms with E-state index in [2.05, 4.69) is 4.98 Å². The van der Waals surface area contributed by atoms with Gasteiger partial charge in [0.15, 0.2) is 6.10 Å². The molecule has 4 rings (SSSR count). The number of fused-ring (bicyclic) bond motifs is 2. The zero-order chi connectivity index (χ0) is 20.9. The summed E-state index contributed by atoms with van der Waals surface area (Å²) >= 11 is 1.16. The van der Waals surface area contributed by atoms with Crippen molar-refractivity contribution in [2.75, 3.05) is 13.1 Å². The van der Waals surface area contributed by atoms with Crippen molar-refractivity contribution in [3.63, 3.8) is 0 Å². The van der Waals surface area contributed by atoms with Crippen molar-refractivity contribution >= 4 is 33.4 Å². The van der Waals surface area contributed by atoms with Crippen LogP contribution in [0.25, 0.3) is 10.2 Å². The maximum atomic E-state index is 12.8. The van der Waals surface area contributed by atoms with Crippen molar-refractivity contribution in [1.82, 2.24) is 14.5 Å². The van der Waals surface area contributed by atoms with Gasteiger partial charge in [0, 0.05) is 26.1 Å². The van der Waals surface area contributed by atoms with Crippen molar-refractivity contribution in [3.8, 4) is 0 Å². The van der Waals surface area contributed by atoms with Crippen LogP contribution in [0, 0.1) is 6.92 Å². The summed E-state index contributed by atoms with van der Waals surface area (Å²) in [7, 11) is 0. The predicted octanol–water partition coefficient (Wildman–Crippen LogP) is 1.89. The Morgan fingerprint density at radius 1 is 1.28 bits per heavy atom. The Bertz CT molecular complexity index is 1030. The number of rotatable bonds is 3. The molecule has 3 unspecified atom stereocenters. The fourth-order valence-corrected chi connectivity index (χ4v) is 5.22. The number of morpholine rings is 1. The number of ether oxygens (including phenoxy) is 2. The van der Waals surface area contributed by atoms with Crippen molar-refractivity contribution in [3.05, 3.63) is 26.6 Å². The lowest BCUT2D eigenvalue weighted by atomic mass is 10.2. The fourth-order valence-electron chi connectivity index (χ4n) is 4.15. The van der Waals surface area contributed by atoms with Gasteiger partial charge in [-0.05, 0) is 39.7 Å². The van der Waals surface area contributed by atoms with Crippen molar-refractivity contribution in [2.24, 2.45) is 0 Å². The molecule has 1 amide bonds. The summed E-state index contributed by atoms with van der Waals surface area (Å²) in [5.41, 5.74) is 0.471. The summed E-state index contributed by atoms with van der Waals surface area (Å²) in [6.45, 7) is 8.74. The highest BCUT2D eigenvalue weighted by Gasteiger charge is 2.32. The Morgan fingerprint density at radius 3 is 2.66 bits per heavy atom. The Labute approximate surface area is 172 Å². The third-order valence-electron chi connectivity index (χ3n) is 5.46. The van der Waals surface area contributed by atoms with Crippen LogP contribution < -0.4 is 5.56 Å². The van der Waals surface area contributed by atoms with Crippen LogP contribution >= 0.6 is 11.3 Å². The van der Waals surface area contributed by atoms with E-state index in [1.165, 1.54) is 0 Å². The molecule has 0 aliphatic carbocycles. The van der Waals surface area contributed by atoms with Crippen LogP contribution in [-0.2, 0) is 27.2 Å². The van der Waals surface area contributed by atoms with E-state index in [0.29, 0.717) is 40.3 Å². The number of esters is 1. The van der Waals surface area contributed by atoms with Gasteiger partial charge >= 0.3 is 5.97 Å². The molecule has 0 spiro atoms. The lowest BCUT2D eigenvalue weighted by Gasteiger charge is -2.36. The van der Waals surface area contributed by atoms with Gasteiger partial charge in [0.25, 0.3) is 11.5 Å². The first-order chi connectivity index (χ1) is 13.8. The number of aromatic nitrogens is 2. The summed E-state index contributed by atoms with van der Waals surface area (Å²) < 4.78 is 12.8. The highest BCUT2D eigenvalue weighted by atomic mass is 32.1. The molecule has 4 heterocycles. The summed E-state index contributed by atoms with van der Waals surface area (Å²) in [6, 6.07) is 0. The molecule has 0 saturated carbocycles. The number of carbonyl (C=O) groups excluding carboxylic acids is 2. The molecule has 9 heteroatoms. The molecule has 29 heavy (non-hydrogen) atoms. The van der Waals surface area contributed by atoms with Crippen LogP contribution in [0.3, 0.4) is 0 Å². The van der Waals surface area contributed by atoms with E-state index < -0.39 is 12.1 Å². The van der Waals surface area contributed by atoms with Gasteiger partial charge in [0.05, 0.1) is 17.6 Å². The van der Waals surface area contributed by atoms with Gasteiger partial charge in [-0.25, -0.2) is 9.78 Å². The number of thiophene rings is 1. The normalized spacial score (nSPS) is 22.6. The Balaban J connectivity index is 1.55.